The fraction of sp³-hybridized carbons (Fsp3) is 0.571. The Morgan fingerprint density at radius 2 is 2.27 bits per heavy atom. The lowest BCUT2D eigenvalue weighted by molar-refractivity contribution is -0.116. The van der Waals surface area contributed by atoms with Gasteiger partial charge in [0.1, 0.15) is 0 Å². The molecule has 0 radical (unpaired) electrons. The van der Waals surface area contributed by atoms with Gasteiger partial charge in [-0.25, -0.2) is 8.78 Å². The molecular formula is C7H11F2NO. The van der Waals surface area contributed by atoms with Crippen LogP contribution in [0.5, 0.6) is 0 Å². The smallest absolute Gasteiger partial charge is 0.247 e. The Kier molecular flexibility index (Phi) is 3.71. The number of nitrogens with one attached hydrogen (secondary N) is 1. The van der Waals surface area contributed by atoms with Gasteiger partial charge in [0.2, 0.25) is 11.8 Å². The first-order valence-electron chi connectivity index (χ1n) is 3.24. The van der Waals surface area contributed by atoms with E-state index >= 15 is 0 Å². The van der Waals surface area contributed by atoms with E-state index in [1.165, 1.54) is 0 Å². The molecule has 0 saturated heterocycles. The van der Waals surface area contributed by atoms with Gasteiger partial charge in [0.05, 0.1) is 0 Å². The molecule has 2 nitrogen and oxygen atoms in total. The monoisotopic (exact) mass is 163 g/mol. The van der Waals surface area contributed by atoms with Crippen LogP contribution in [-0.4, -0.2) is 18.4 Å². The molecule has 0 rings (SSSR count). The van der Waals surface area contributed by atoms with E-state index < -0.39 is 11.8 Å². The van der Waals surface area contributed by atoms with Crippen LogP contribution in [0.1, 0.15) is 13.3 Å². The van der Waals surface area contributed by atoms with Crippen LogP contribution in [0.2, 0.25) is 0 Å². The zero-order valence-corrected chi connectivity index (χ0v) is 6.36. The number of hydrogen-bond donors (Lipinski definition) is 1. The average Bonchev–Trinajstić information content (AvgIpc) is 1.85. The first-order chi connectivity index (χ1) is 4.95. The third-order valence-corrected chi connectivity index (χ3v) is 1.05. The van der Waals surface area contributed by atoms with Gasteiger partial charge < -0.3 is 5.32 Å². The van der Waals surface area contributed by atoms with Gasteiger partial charge in [0.15, 0.2) is 0 Å². The molecule has 0 aliphatic rings. The summed E-state index contributed by atoms with van der Waals surface area (Å²) in [5.41, 5.74) is 0. The quantitative estimate of drug-likeness (QED) is 0.622. The summed E-state index contributed by atoms with van der Waals surface area (Å²) in [7, 11) is 0. The van der Waals surface area contributed by atoms with Crippen molar-refractivity contribution in [3.8, 4) is 0 Å². The normalized spacial score (nSPS) is 10.8. The zero-order chi connectivity index (χ0) is 8.91. The van der Waals surface area contributed by atoms with E-state index in [9.17, 15) is 13.6 Å². The molecule has 0 aliphatic heterocycles. The van der Waals surface area contributed by atoms with Crippen molar-refractivity contribution in [2.75, 3.05) is 6.54 Å². The summed E-state index contributed by atoms with van der Waals surface area (Å²) >= 11 is 0. The lowest BCUT2D eigenvalue weighted by atomic mass is 10.3. The fourth-order valence-electron chi connectivity index (χ4n) is 0.477. The molecular weight excluding hydrogens is 152 g/mol. The Morgan fingerprint density at radius 3 is 2.64 bits per heavy atom. The van der Waals surface area contributed by atoms with E-state index in [2.05, 4.69) is 11.9 Å². The number of amides is 1. The van der Waals surface area contributed by atoms with Crippen molar-refractivity contribution in [1.29, 1.82) is 0 Å². The molecule has 1 N–H and O–H groups in total. The highest BCUT2D eigenvalue weighted by Crippen LogP contribution is 2.14. The number of carbonyl (C=O) groups is 1. The Bertz CT molecular complexity index is 151. The minimum absolute atomic E-state index is 0.0195. The van der Waals surface area contributed by atoms with Crippen LogP contribution in [0.15, 0.2) is 12.7 Å². The van der Waals surface area contributed by atoms with Crippen LogP contribution in [0.4, 0.5) is 8.78 Å². The second-order valence-electron chi connectivity index (χ2n) is 2.32. The predicted octanol–water partition coefficient (Wildman–Crippen LogP) is 1.33. The minimum atomic E-state index is -2.71. The van der Waals surface area contributed by atoms with E-state index in [4.69, 9.17) is 0 Å². The van der Waals surface area contributed by atoms with Crippen LogP contribution in [0.3, 0.4) is 0 Å². The van der Waals surface area contributed by atoms with E-state index in [-0.39, 0.29) is 13.0 Å². The van der Waals surface area contributed by atoms with E-state index in [1.54, 1.807) is 0 Å². The lowest BCUT2D eigenvalue weighted by Crippen LogP contribution is -2.26. The van der Waals surface area contributed by atoms with E-state index in [0.29, 0.717) is 0 Å². The number of alkyl halides is 2. The van der Waals surface area contributed by atoms with Gasteiger partial charge >= 0.3 is 0 Å². The van der Waals surface area contributed by atoms with E-state index in [1.807, 2.05) is 0 Å². The van der Waals surface area contributed by atoms with Crippen LogP contribution in [0, 0.1) is 0 Å². The Hall–Kier alpha value is -0.930. The molecule has 0 bridgehead atoms. The van der Waals surface area contributed by atoms with Crippen molar-refractivity contribution >= 4 is 5.91 Å². The molecule has 0 spiro atoms. The molecule has 11 heavy (non-hydrogen) atoms. The summed E-state index contributed by atoms with van der Waals surface area (Å²) in [4.78, 5) is 10.4. The van der Waals surface area contributed by atoms with Gasteiger partial charge in [-0.2, -0.15) is 0 Å². The molecule has 0 saturated carbocycles. The second-order valence-corrected chi connectivity index (χ2v) is 2.32. The summed E-state index contributed by atoms with van der Waals surface area (Å²) in [5.74, 6) is -3.14. The van der Waals surface area contributed by atoms with Gasteiger partial charge in [-0.3, -0.25) is 4.79 Å². The number of halogens is 2. The SMILES string of the molecule is C=CC(=O)NCCC(C)(F)F. The predicted molar refractivity (Wildman–Crippen MR) is 38.4 cm³/mol. The summed E-state index contributed by atoms with van der Waals surface area (Å²) in [5, 5.41) is 2.25. The summed E-state index contributed by atoms with van der Waals surface area (Å²) in [6, 6.07) is 0. The van der Waals surface area contributed by atoms with Crippen LogP contribution >= 0.6 is 0 Å². The van der Waals surface area contributed by atoms with Crippen LogP contribution < -0.4 is 5.32 Å². The van der Waals surface area contributed by atoms with Crippen molar-refractivity contribution in [2.24, 2.45) is 0 Å². The maximum Gasteiger partial charge on any atom is 0.247 e. The second kappa shape index (κ2) is 4.05. The molecule has 0 heterocycles. The highest BCUT2D eigenvalue weighted by atomic mass is 19.3. The van der Waals surface area contributed by atoms with Gasteiger partial charge in [-0.15, -0.1) is 0 Å². The van der Waals surface area contributed by atoms with Crippen molar-refractivity contribution in [2.45, 2.75) is 19.3 Å². The van der Waals surface area contributed by atoms with Gasteiger partial charge in [0, 0.05) is 13.0 Å². The van der Waals surface area contributed by atoms with E-state index in [0.717, 1.165) is 13.0 Å². The zero-order valence-electron chi connectivity index (χ0n) is 6.36. The maximum atomic E-state index is 12.1. The number of hydrogen-bond acceptors (Lipinski definition) is 1. The fourth-order valence-corrected chi connectivity index (χ4v) is 0.477. The van der Waals surface area contributed by atoms with Crippen LogP contribution in [-0.2, 0) is 4.79 Å². The molecule has 0 aliphatic carbocycles. The molecule has 0 aromatic heterocycles. The van der Waals surface area contributed by atoms with Crippen LogP contribution in [0.25, 0.3) is 0 Å². The number of rotatable bonds is 4. The molecule has 0 fully saturated rings. The van der Waals surface area contributed by atoms with Crippen molar-refractivity contribution < 1.29 is 13.6 Å². The Balaban J connectivity index is 3.42. The molecule has 0 aromatic rings. The third-order valence-electron chi connectivity index (χ3n) is 1.05. The van der Waals surface area contributed by atoms with Crippen molar-refractivity contribution in [3.05, 3.63) is 12.7 Å². The first-order valence-corrected chi connectivity index (χ1v) is 3.24. The van der Waals surface area contributed by atoms with Gasteiger partial charge in [0.25, 0.3) is 0 Å². The lowest BCUT2D eigenvalue weighted by Gasteiger charge is -2.09. The van der Waals surface area contributed by atoms with Crippen molar-refractivity contribution in [1.82, 2.24) is 5.32 Å². The third kappa shape index (κ3) is 6.96. The molecule has 1 amide bonds. The highest BCUT2D eigenvalue weighted by Gasteiger charge is 2.19. The van der Waals surface area contributed by atoms with Crippen molar-refractivity contribution in [3.63, 3.8) is 0 Å². The standard InChI is InChI=1S/C7H11F2NO/c1-3-6(11)10-5-4-7(2,8)9/h3H,1,4-5H2,2H3,(H,10,11). The molecule has 0 atom stereocenters. The van der Waals surface area contributed by atoms with Gasteiger partial charge in [-0.05, 0) is 13.0 Å². The number of carbonyl (C=O) groups excluding carboxylic acids is 1. The molecule has 4 heteroatoms. The molecule has 0 unspecified atom stereocenters. The minimum Gasteiger partial charge on any atom is -0.352 e. The molecule has 0 aromatic carbocycles. The summed E-state index contributed by atoms with van der Waals surface area (Å²) < 4.78 is 24.2. The van der Waals surface area contributed by atoms with Gasteiger partial charge in [-0.1, -0.05) is 6.58 Å². The highest BCUT2D eigenvalue weighted by molar-refractivity contribution is 5.86. The maximum absolute atomic E-state index is 12.1. The molecule has 64 valence electrons. The Morgan fingerprint density at radius 1 is 1.73 bits per heavy atom. The largest absolute Gasteiger partial charge is 0.352 e. The Labute approximate surface area is 64.3 Å². The topological polar surface area (TPSA) is 29.1 Å². The summed E-state index contributed by atoms with van der Waals surface area (Å²) in [6.45, 7) is 3.97. The summed E-state index contributed by atoms with van der Waals surface area (Å²) in [6.07, 6.45) is 0.709. The average molecular weight is 163 g/mol. The first kappa shape index (κ1) is 10.1.